The zero-order valence-electron chi connectivity index (χ0n) is 11.6. The second-order valence-corrected chi connectivity index (χ2v) is 4.70. The van der Waals surface area contributed by atoms with Gasteiger partial charge in [-0.1, -0.05) is 12.1 Å². The van der Waals surface area contributed by atoms with Gasteiger partial charge in [0.15, 0.2) is 0 Å². The number of benzene rings is 1. The number of ether oxygens (including phenoxy) is 1. The molecule has 0 atom stereocenters. The van der Waals surface area contributed by atoms with Crippen molar-refractivity contribution in [1.29, 1.82) is 0 Å². The number of H-pyrrole nitrogens is 1. The molecule has 21 heavy (non-hydrogen) atoms. The summed E-state index contributed by atoms with van der Waals surface area (Å²) in [4.78, 5) is 8.36. The Morgan fingerprint density at radius 2 is 2.10 bits per heavy atom. The van der Waals surface area contributed by atoms with Gasteiger partial charge in [-0.3, -0.25) is 5.10 Å². The van der Waals surface area contributed by atoms with Gasteiger partial charge in [-0.05, 0) is 11.6 Å². The van der Waals surface area contributed by atoms with Gasteiger partial charge >= 0.3 is 0 Å². The average Bonchev–Trinajstić information content (AvgIpc) is 2.91. The first-order valence-electron chi connectivity index (χ1n) is 6.53. The van der Waals surface area contributed by atoms with Crippen molar-refractivity contribution in [2.75, 3.05) is 25.2 Å². The predicted molar refractivity (Wildman–Crippen MR) is 81.5 cm³/mol. The molecule has 7 heteroatoms. The Morgan fingerprint density at radius 3 is 2.90 bits per heavy atom. The highest BCUT2D eigenvalue weighted by Gasteiger charge is 2.14. The van der Waals surface area contributed by atoms with Gasteiger partial charge in [0.25, 0.3) is 0 Å². The molecule has 0 spiro atoms. The molecule has 0 fully saturated rings. The van der Waals surface area contributed by atoms with Crippen LogP contribution in [-0.4, -0.2) is 33.9 Å². The zero-order valence-corrected chi connectivity index (χ0v) is 11.6. The Hall–Kier alpha value is -2.67. The number of methoxy groups -OCH3 is 1. The van der Waals surface area contributed by atoms with Crippen LogP contribution in [0.4, 0.5) is 11.8 Å². The van der Waals surface area contributed by atoms with E-state index in [1.807, 2.05) is 18.2 Å². The number of fused-ring (bicyclic) bond motifs is 1. The van der Waals surface area contributed by atoms with Crippen molar-refractivity contribution in [1.82, 2.24) is 20.2 Å². The number of nitrogens with one attached hydrogen (secondary N) is 1. The quantitative estimate of drug-likeness (QED) is 0.666. The number of hydrogen-bond donors (Lipinski definition) is 3. The summed E-state index contributed by atoms with van der Waals surface area (Å²) in [6.07, 6.45) is 2.39. The molecule has 1 aromatic carbocycles. The molecule has 0 bridgehead atoms. The number of nitrogen functional groups attached to an aromatic ring is 2. The van der Waals surface area contributed by atoms with Gasteiger partial charge in [0.05, 0.1) is 24.0 Å². The molecule has 0 saturated heterocycles. The maximum atomic E-state index is 6.05. The van der Waals surface area contributed by atoms with Gasteiger partial charge < -0.3 is 16.2 Å². The fourth-order valence-corrected chi connectivity index (χ4v) is 2.33. The minimum Gasteiger partial charge on any atom is -0.384 e. The van der Waals surface area contributed by atoms with Crippen LogP contribution in [0.25, 0.3) is 22.0 Å². The van der Waals surface area contributed by atoms with Crippen LogP contribution in [-0.2, 0) is 11.2 Å². The number of nitrogens with zero attached hydrogens (tertiary/aromatic N) is 3. The van der Waals surface area contributed by atoms with E-state index in [2.05, 4.69) is 20.2 Å². The van der Waals surface area contributed by atoms with E-state index < -0.39 is 0 Å². The first kappa shape index (κ1) is 13.3. The molecule has 108 valence electrons. The number of hydrogen-bond acceptors (Lipinski definition) is 6. The highest BCUT2D eigenvalue weighted by Crippen LogP contribution is 2.30. The Bertz CT molecular complexity index is 782. The van der Waals surface area contributed by atoms with E-state index in [4.69, 9.17) is 16.2 Å². The summed E-state index contributed by atoms with van der Waals surface area (Å²) in [6.45, 7) is 0.537. The first-order chi connectivity index (χ1) is 10.2. The first-order valence-corrected chi connectivity index (χ1v) is 6.53. The largest absolute Gasteiger partial charge is 0.384 e. The Kier molecular flexibility index (Phi) is 3.41. The molecule has 2 heterocycles. The number of rotatable bonds is 4. The summed E-state index contributed by atoms with van der Waals surface area (Å²) < 4.78 is 5.12. The summed E-state index contributed by atoms with van der Waals surface area (Å²) in [5.41, 5.74) is 15.2. The SMILES string of the molecule is COCCc1nc(N)nc(N)c1-c1ccc2cn[nH]c2c1. The van der Waals surface area contributed by atoms with Crippen LogP contribution in [0.2, 0.25) is 0 Å². The molecule has 3 aromatic rings. The molecule has 0 aliphatic rings. The van der Waals surface area contributed by atoms with Crippen molar-refractivity contribution in [3.8, 4) is 11.1 Å². The van der Waals surface area contributed by atoms with E-state index in [1.165, 1.54) is 0 Å². The molecule has 5 N–H and O–H groups in total. The molecular weight excluding hydrogens is 268 g/mol. The third-order valence-corrected chi connectivity index (χ3v) is 3.30. The number of nitrogens with two attached hydrogens (primary N) is 2. The van der Waals surface area contributed by atoms with Crippen LogP contribution in [0.15, 0.2) is 24.4 Å². The lowest BCUT2D eigenvalue weighted by molar-refractivity contribution is 0.201. The normalized spacial score (nSPS) is 11.1. The Morgan fingerprint density at radius 1 is 1.24 bits per heavy atom. The molecule has 0 radical (unpaired) electrons. The lowest BCUT2D eigenvalue weighted by Gasteiger charge is -2.12. The highest BCUT2D eigenvalue weighted by atomic mass is 16.5. The van der Waals surface area contributed by atoms with Crippen LogP contribution >= 0.6 is 0 Å². The number of aromatic nitrogens is 4. The third-order valence-electron chi connectivity index (χ3n) is 3.30. The van der Waals surface area contributed by atoms with Gasteiger partial charge in [-0.25, -0.2) is 4.98 Å². The van der Waals surface area contributed by atoms with Gasteiger partial charge in [0.2, 0.25) is 5.95 Å². The molecule has 0 aliphatic carbocycles. The molecule has 7 nitrogen and oxygen atoms in total. The summed E-state index contributed by atoms with van der Waals surface area (Å²) in [6, 6.07) is 5.92. The van der Waals surface area contributed by atoms with Crippen molar-refractivity contribution < 1.29 is 4.74 Å². The third kappa shape index (κ3) is 2.50. The van der Waals surface area contributed by atoms with Crippen molar-refractivity contribution in [3.63, 3.8) is 0 Å². The number of anilines is 2. The van der Waals surface area contributed by atoms with Crippen molar-refractivity contribution in [3.05, 3.63) is 30.1 Å². The summed E-state index contributed by atoms with van der Waals surface area (Å²) in [5.74, 6) is 0.539. The summed E-state index contributed by atoms with van der Waals surface area (Å²) >= 11 is 0. The second-order valence-electron chi connectivity index (χ2n) is 4.70. The standard InChI is InChI=1S/C14H16N6O/c1-21-5-4-10-12(13(15)19-14(16)18-10)8-2-3-9-7-17-20-11(9)6-8/h2-3,6-7H,4-5H2,1H3,(H,17,20)(H4,15,16,18,19). The summed E-state index contributed by atoms with van der Waals surface area (Å²) in [5, 5.41) is 7.99. The minimum absolute atomic E-state index is 0.171. The van der Waals surface area contributed by atoms with E-state index >= 15 is 0 Å². The van der Waals surface area contributed by atoms with Gasteiger partial charge in [-0.2, -0.15) is 10.1 Å². The highest BCUT2D eigenvalue weighted by molar-refractivity contribution is 5.87. The van der Waals surface area contributed by atoms with Gasteiger partial charge in [-0.15, -0.1) is 0 Å². The fourth-order valence-electron chi connectivity index (χ4n) is 2.33. The van der Waals surface area contributed by atoms with Crippen molar-refractivity contribution in [2.24, 2.45) is 0 Å². The number of aromatic amines is 1. The van der Waals surface area contributed by atoms with E-state index in [1.54, 1.807) is 13.3 Å². The maximum absolute atomic E-state index is 6.05. The second kappa shape index (κ2) is 5.37. The molecular formula is C14H16N6O. The van der Waals surface area contributed by atoms with Crippen molar-refractivity contribution in [2.45, 2.75) is 6.42 Å². The topological polar surface area (TPSA) is 116 Å². The molecule has 0 aliphatic heterocycles. The van der Waals surface area contributed by atoms with Crippen LogP contribution in [0.5, 0.6) is 0 Å². The molecule has 3 rings (SSSR count). The van der Waals surface area contributed by atoms with Crippen molar-refractivity contribution >= 4 is 22.7 Å². The molecule has 0 saturated carbocycles. The van der Waals surface area contributed by atoms with Crippen LogP contribution in [0, 0.1) is 0 Å². The lowest BCUT2D eigenvalue weighted by Crippen LogP contribution is -2.08. The molecule has 0 unspecified atom stereocenters. The Labute approximate surface area is 121 Å². The summed E-state index contributed by atoms with van der Waals surface area (Å²) in [7, 11) is 1.64. The van der Waals surface area contributed by atoms with E-state index in [9.17, 15) is 0 Å². The minimum atomic E-state index is 0.171. The van der Waals surface area contributed by atoms with Gasteiger partial charge in [0.1, 0.15) is 5.82 Å². The van der Waals surface area contributed by atoms with Crippen LogP contribution in [0.3, 0.4) is 0 Å². The predicted octanol–water partition coefficient (Wildman–Crippen LogP) is 1.37. The monoisotopic (exact) mass is 284 g/mol. The fraction of sp³-hybridized carbons (Fsp3) is 0.214. The zero-order chi connectivity index (χ0) is 14.8. The van der Waals surface area contributed by atoms with E-state index in [0.29, 0.717) is 18.8 Å². The molecule has 0 amide bonds. The lowest BCUT2D eigenvalue weighted by atomic mass is 10.0. The van der Waals surface area contributed by atoms with Gasteiger partial charge in [0, 0.05) is 24.5 Å². The van der Waals surface area contributed by atoms with Crippen LogP contribution in [0.1, 0.15) is 5.69 Å². The molecule has 2 aromatic heterocycles. The van der Waals surface area contributed by atoms with E-state index in [0.717, 1.165) is 27.7 Å². The van der Waals surface area contributed by atoms with Crippen LogP contribution < -0.4 is 11.5 Å². The Balaban J connectivity index is 2.14. The van der Waals surface area contributed by atoms with E-state index in [-0.39, 0.29) is 5.95 Å². The smallest absolute Gasteiger partial charge is 0.222 e. The average molecular weight is 284 g/mol. The maximum Gasteiger partial charge on any atom is 0.222 e.